The first-order chi connectivity index (χ1) is 13.7. The molecule has 1 aliphatic rings. The molecule has 6 nitrogen and oxygen atoms in total. The maximum atomic E-state index is 9.88. The molecule has 0 saturated heterocycles. The molecule has 1 unspecified atom stereocenters. The Hall–Kier alpha value is -2.94. The molecule has 3 rings (SSSR count). The second-order valence-electron chi connectivity index (χ2n) is 8.50. The first-order valence-corrected chi connectivity index (χ1v) is 9.76. The van der Waals surface area contributed by atoms with Crippen LogP contribution in [0.3, 0.4) is 0 Å². The van der Waals surface area contributed by atoms with Crippen molar-refractivity contribution in [2.24, 2.45) is 11.3 Å². The van der Waals surface area contributed by atoms with Crippen LogP contribution in [0, 0.1) is 22.7 Å². The lowest BCUT2D eigenvalue weighted by atomic mass is 9.70. The summed E-state index contributed by atoms with van der Waals surface area (Å²) in [5.74, 6) is 2.36. The fourth-order valence-electron chi connectivity index (χ4n) is 4.17. The summed E-state index contributed by atoms with van der Waals surface area (Å²) >= 11 is 0. The van der Waals surface area contributed by atoms with Crippen molar-refractivity contribution >= 4 is 5.82 Å². The highest BCUT2D eigenvalue weighted by Gasteiger charge is 2.33. The first-order valence-electron chi connectivity index (χ1n) is 9.76. The van der Waals surface area contributed by atoms with Crippen molar-refractivity contribution in [1.29, 1.82) is 5.26 Å². The number of fused-ring (bicyclic) bond motifs is 1. The van der Waals surface area contributed by atoms with Crippen LogP contribution < -0.4 is 19.9 Å². The van der Waals surface area contributed by atoms with Crippen LogP contribution in [0.4, 0.5) is 5.82 Å². The predicted octanol–water partition coefficient (Wildman–Crippen LogP) is 4.38. The van der Waals surface area contributed by atoms with Gasteiger partial charge >= 0.3 is 0 Å². The van der Waals surface area contributed by atoms with Crippen molar-refractivity contribution in [2.75, 3.05) is 27.1 Å². The molecular formula is C23H29N3O3. The lowest BCUT2D eigenvalue weighted by molar-refractivity contribution is 0.215. The van der Waals surface area contributed by atoms with Gasteiger partial charge in [0.2, 0.25) is 5.75 Å². The number of nitriles is 1. The van der Waals surface area contributed by atoms with Crippen molar-refractivity contribution in [2.45, 2.75) is 40.0 Å². The Morgan fingerprint density at radius 2 is 1.72 bits per heavy atom. The summed E-state index contributed by atoms with van der Waals surface area (Å²) in [6, 6.07) is 6.02. The Morgan fingerprint density at radius 1 is 1.10 bits per heavy atom. The van der Waals surface area contributed by atoms with E-state index in [1.165, 1.54) is 0 Å². The van der Waals surface area contributed by atoms with Gasteiger partial charge in [-0.3, -0.25) is 0 Å². The minimum atomic E-state index is 0.165. The van der Waals surface area contributed by atoms with Crippen LogP contribution in [0.15, 0.2) is 12.1 Å². The Kier molecular flexibility index (Phi) is 5.61. The molecule has 0 amide bonds. The third-order valence-corrected chi connectivity index (χ3v) is 5.88. The van der Waals surface area contributed by atoms with Gasteiger partial charge in [0, 0.05) is 11.3 Å². The van der Waals surface area contributed by atoms with E-state index in [-0.39, 0.29) is 11.2 Å². The fraction of sp³-hybridized carbons (Fsp3) is 0.478. The fourth-order valence-corrected chi connectivity index (χ4v) is 4.17. The van der Waals surface area contributed by atoms with Crippen molar-refractivity contribution in [3.8, 4) is 34.4 Å². The van der Waals surface area contributed by atoms with E-state index in [0.29, 0.717) is 28.7 Å². The van der Waals surface area contributed by atoms with E-state index in [1.807, 2.05) is 12.1 Å². The lowest BCUT2D eigenvalue weighted by Crippen LogP contribution is -2.28. The molecule has 2 aromatic rings. The summed E-state index contributed by atoms with van der Waals surface area (Å²) in [5, 5.41) is 9.88. The van der Waals surface area contributed by atoms with Gasteiger partial charge < -0.3 is 19.9 Å². The van der Waals surface area contributed by atoms with E-state index >= 15 is 0 Å². The largest absolute Gasteiger partial charge is 0.493 e. The van der Waals surface area contributed by atoms with Crippen molar-refractivity contribution in [1.82, 2.24) is 4.98 Å². The molecule has 0 bridgehead atoms. The molecule has 154 valence electrons. The van der Waals surface area contributed by atoms with Crippen molar-refractivity contribution < 1.29 is 14.2 Å². The smallest absolute Gasteiger partial charge is 0.203 e. The van der Waals surface area contributed by atoms with E-state index in [1.54, 1.807) is 21.3 Å². The molecule has 2 N–H and O–H groups in total. The van der Waals surface area contributed by atoms with Gasteiger partial charge in [-0.05, 0) is 53.9 Å². The minimum absolute atomic E-state index is 0.165. The summed E-state index contributed by atoms with van der Waals surface area (Å²) in [4.78, 5) is 4.57. The molecule has 29 heavy (non-hydrogen) atoms. The van der Waals surface area contributed by atoms with Gasteiger partial charge in [0.15, 0.2) is 11.5 Å². The number of aryl methyl sites for hydroxylation is 1. The number of rotatable bonds is 4. The second-order valence-corrected chi connectivity index (χ2v) is 8.50. The number of nitrogens with zero attached hydrogens (tertiary/aromatic N) is 2. The highest BCUT2D eigenvalue weighted by atomic mass is 16.5. The van der Waals surface area contributed by atoms with Gasteiger partial charge in [0.25, 0.3) is 0 Å². The standard InChI is InChI=1S/C23H29N3O3/c1-23(2,3)14-7-8-17-15(11-14)20(16(12-24)22(25)26-17)13-9-18(27-4)21(29-6)19(10-13)28-5/h9-10,14H,7-8,11H2,1-6H3,(H2,25,26). The minimum Gasteiger partial charge on any atom is -0.493 e. The summed E-state index contributed by atoms with van der Waals surface area (Å²) in [5.41, 5.74) is 10.5. The van der Waals surface area contributed by atoms with Crippen LogP contribution >= 0.6 is 0 Å². The first kappa shape index (κ1) is 20.8. The molecule has 1 atom stereocenters. The van der Waals surface area contributed by atoms with Crippen molar-refractivity contribution in [3.05, 3.63) is 29.0 Å². The summed E-state index contributed by atoms with van der Waals surface area (Å²) in [7, 11) is 4.73. The molecule has 0 aliphatic heterocycles. The van der Waals surface area contributed by atoms with E-state index in [4.69, 9.17) is 19.9 Å². The quantitative estimate of drug-likeness (QED) is 0.826. The zero-order valence-corrected chi connectivity index (χ0v) is 18.0. The Morgan fingerprint density at radius 3 is 2.21 bits per heavy atom. The molecule has 0 fully saturated rings. The van der Waals surface area contributed by atoms with Gasteiger partial charge in [0.1, 0.15) is 17.5 Å². The number of nitrogens with two attached hydrogens (primary N) is 1. The number of benzene rings is 1. The highest BCUT2D eigenvalue weighted by Crippen LogP contribution is 2.46. The molecule has 1 aromatic heterocycles. The molecule has 6 heteroatoms. The molecule has 1 aliphatic carbocycles. The number of nitrogen functional groups attached to an aromatic ring is 1. The van der Waals surface area contributed by atoms with Gasteiger partial charge in [-0.1, -0.05) is 20.8 Å². The molecule has 0 radical (unpaired) electrons. The molecule has 0 saturated carbocycles. The van der Waals surface area contributed by atoms with E-state index in [2.05, 4.69) is 31.8 Å². The zero-order chi connectivity index (χ0) is 21.3. The van der Waals surface area contributed by atoms with Crippen molar-refractivity contribution in [3.63, 3.8) is 0 Å². The SMILES string of the molecule is COc1cc(-c2c(C#N)c(N)nc3c2CC(C(C)(C)C)CC3)cc(OC)c1OC. The zero-order valence-electron chi connectivity index (χ0n) is 18.0. The molecule has 0 spiro atoms. The third-order valence-electron chi connectivity index (χ3n) is 5.88. The Labute approximate surface area is 172 Å². The van der Waals surface area contributed by atoms with Gasteiger partial charge in [-0.2, -0.15) is 5.26 Å². The van der Waals surface area contributed by atoms with Crippen LogP contribution in [0.25, 0.3) is 11.1 Å². The number of aromatic nitrogens is 1. The molecule has 1 heterocycles. The number of hydrogen-bond acceptors (Lipinski definition) is 6. The average molecular weight is 396 g/mol. The van der Waals surface area contributed by atoms with Crippen LogP contribution in [-0.4, -0.2) is 26.3 Å². The van der Waals surface area contributed by atoms with E-state index < -0.39 is 0 Å². The Balaban J connectivity index is 2.30. The monoisotopic (exact) mass is 395 g/mol. The molecular weight excluding hydrogens is 366 g/mol. The second kappa shape index (κ2) is 7.82. The normalized spacial score (nSPS) is 16.0. The number of anilines is 1. The maximum absolute atomic E-state index is 9.88. The van der Waals surface area contributed by atoms with Crippen LogP contribution in [0.5, 0.6) is 17.2 Å². The van der Waals surface area contributed by atoms with E-state index in [9.17, 15) is 5.26 Å². The van der Waals surface area contributed by atoms with Gasteiger partial charge in [-0.25, -0.2) is 4.98 Å². The molecule has 1 aromatic carbocycles. The summed E-state index contributed by atoms with van der Waals surface area (Å²) in [6.45, 7) is 6.78. The summed E-state index contributed by atoms with van der Waals surface area (Å²) < 4.78 is 16.5. The number of ether oxygens (including phenoxy) is 3. The predicted molar refractivity (Wildman–Crippen MR) is 113 cm³/mol. The number of methoxy groups -OCH3 is 3. The van der Waals surface area contributed by atoms with Crippen LogP contribution in [0.2, 0.25) is 0 Å². The third kappa shape index (κ3) is 3.69. The van der Waals surface area contributed by atoms with Gasteiger partial charge in [-0.15, -0.1) is 0 Å². The summed E-state index contributed by atoms with van der Waals surface area (Å²) in [6.07, 6.45) is 2.76. The maximum Gasteiger partial charge on any atom is 0.203 e. The van der Waals surface area contributed by atoms with Gasteiger partial charge in [0.05, 0.1) is 21.3 Å². The topological polar surface area (TPSA) is 90.4 Å². The van der Waals surface area contributed by atoms with Crippen LogP contribution in [-0.2, 0) is 12.8 Å². The number of hydrogen-bond donors (Lipinski definition) is 1. The highest BCUT2D eigenvalue weighted by molar-refractivity contribution is 5.82. The average Bonchev–Trinajstić information content (AvgIpc) is 2.70. The van der Waals surface area contributed by atoms with Crippen LogP contribution in [0.1, 0.15) is 44.0 Å². The Bertz CT molecular complexity index is 946. The lowest BCUT2D eigenvalue weighted by Gasteiger charge is -2.35. The van der Waals surface area contributed by atoms with E-state index in [0.717, 1.165) is 41.6 Å². The number of pyridine rings is 1.